The second-order valence-corrected chi connectivity index (χ2v) is 1.97. The summed E-state index contributed by atoms with van der Waals surface area (Å²) in [6.07, 6.45) is 0.338. The Morgan fingerprint density at radius 2 is 2.00 bits per heavy atom. The first-order valence-corrected chi connectivity index (χ1v) is 3.06. The minimum absolute atomic E-state index is 0.155. The van der Waals surface area contributed by atoms with Crippen molar-refractivity contribution in [1.29, 1.82) is 0 Å². The minimum atomic E-state index is -0.512. The number of Topliss-reactive ketones (excluding diaryl/α,β-unsaturated/α-hetero) is 1. The molecule has 0 aliphatic rings. The van der Waals surface area contributed by atoms with E-state index in [4.69, 9.17) is 5.21 Å². The summed E-state index contributed by atoms with van der Waals surface area (Å²) in [5.41, 5.74) is 0. The Hall–Kier alpha value is -0.900. The second-order valence-electron chi connectivity index (χ2n) is 1.97. The van der Waals surface area contributed by atoms with Gasteiger partial charge in [-0.05, 0) is 0 Å². The SMILES string of the molecule is CCC(=O)CN(O)C(C)=O. The lowest BCUT2D eigenvalue weighted by Crippen LogP contribution is -2.30. The van der Waals surface area contributed by atoms with E-state index in [1.807, 2.05) is 0 Å². The van der Waals surface area contributed by atoms with Crippen LogP contribution in [0.25, 0.3) is 0 Å². The molecule has 4 nitrogen and oxygen atoms in total. The van der Waals surface area contributed by atoms with Crippen molar-refractivity contribution in [2.45, 2.75) is 20.3 Å². The Kier molecular flexibility index (Phi) is 3.64. The number of ketones is 1. The second kappa shape index (κ2) is 4.00. The fraction of sp³-hybridized carbons (Fsp3) is 0.667. The zero-order chi connectivity index (χ0) is 8.15. The molecule has 0 aromatic rings. The molecule has 1 N–H and O–H groups in total. The van der Waals surface area contributed by atoms with Crippen LogP contribution < -0.4 is 0 Å². The molecule has 0 rings (SSSR count). The maximum Gasteiger partial charge on any atom is 0.243 e. The summed E-state index contributed by atoms with van der Waals surface area (Å²) in [5.74, 6) is -0.667. The van der Waals surface area contributed by atoms with Crippen molar-refractivity contribution < 1.29 is 14.8 Å². The van der Waals surface area contributed by atoms with Crippen LogP contribution in [0.2, 0.25) is 0 Å². The molecule has 0 saturated heterocycles. The van der Waals surface area contributed by atoms with Crippen LogP contribution in [0.5, 0.6) is 0 Å². The molecule has 0 heterocycles. The Labute approximate surface area is 59.4 Å². The number of rotatable bonds is 3. The predicted octanol–water partition coefficient (Wildman–Crippen LogP) is 0.203. The molecule has 0 atom stereocenters. The molecular weight excluding hydrogens is 134 g/mol. The van der Waals surface area contributed by atoms with E-state index in [2.05, 4.69) is 0 Å². The molecule has 0 spiro atoms. The van der Waals surface area contributed by atoms with Crippen molar-refractivity contribution >= 4 is 11.7 Å². The van der Waals surface area contributed by atoms with Crippen molar-refractivity contribution in [2.75, 3.05) is 6.54 Å². The quantitative estimate of drug-likeness (QED) is 0.456. The molecule has 1 amide bonds. The van der Waals surface area contributed by atoms with Gasteiger partial charge in [-0.3, -0.25) is 14.8 Å². The van der Waals surface area contributed by atoms with Crippen LogP contribution in [0, 0.1) is 0 Å². The van der Waals surface area contributed by atoms with Crippen LogP contribution in [-0.2, 0) is 9.59 Å². The van der Waals surface area contributed by atoms with Gasteiger partial charge in [0.2, 0.25) is 5.91 Å². The smallest absolute Gasteiger partial charge is 0.243 e. The number of amides is 1. The molecule has 4 heteroatoms. The molecule has 0 bridgehead atoms. The van der Waals surface area contributed by atoms with Gasteiger partial charge in [-0.25, -0.2) is 5.06 Å². The zero-order valence-electron chi connectivity index (χ0n) is 6.13. The van der Waals surface area contributed by atoms with Crippen LogP contribution >= 0.6 is 0 Å². The Morgan fingerprint density at radius 3 is 2.30 bits per heavy atom. The minimum Gasteiger partial charge on any atom is -0.298 e. The number of hydrogen-bond acceptors (Lipinski definition) is 3. The average molecular weight is 145 g/mol. The first-order chi connectivity index (χ1) is 4.57. The van der Waals surface area contributed by atoms with Gasteiger partial charge in [-0.1, -0.05) is 6.92 Å². The lowest BCUT2D eigenvalue weighted by Gasteiger charge is -2.09. The van der Waals surface area contributed by atoms with Crippen LogP contribution in [0.1, 0.15) is 20.3 Å². The van der Waals surface area contributed by atoms with Gasteiger partial charge in [0.05, 0.1) is 0 Å². The van der Waals surface area contributed by atoms with Crippen molar-refractivity contribution in [1.82, 2.24) is 5.06 Å². The molecule has 0 unspecified atom stereocenters. The number of hydroxylamine groups is 2. The first-order valence-electron chi connectivity index (χ1n) is 3.06. The summed E-state index contributed by atoms with van der Waals surface area (Å²) in [6.45, 7) is 2.67. The third-order valence-corrected chi connectivity index (χ3v) is 1.08. The molecule has 10 heavy (non-hydrogen) atoms. The third-order valence-electron chi connectivity index (χ3n) is 1.08. The van der Waals surface area contributed by atoms with Gasteiger partial charge >= 0.3 is 0 Å². The topological polar surface area (TPSA) is 57.6 Å². The molecule has 0 saturated carbocycles. The highest BCUT2D eigenvalue weighted by molar-refractivity contribution is 5.84. The molecule has 0 fully saturated rings. The van der Waals surface area contributed by atoms with Crippen LogP contribution in [-0.4, -0.2) is 28.5 Å². The van der Waals surface area contributed by atoms with Gasteiger partial charge in [0, 0.05) is 13.3 Å². The van der Waals surface area contributed by atoms with Gasteiger partial charge in [0.1, 0.15) is 6.54 Å². The van der Waals surface area contributed by atoms with Gasteiger partial charge in [-0.15, -0.1) is 0 Å². The molecular formula is C6H11NO3. The highest BCUT2D eigenvalue weighted by atomic mass is 16.5. The van der Waals surface area contributed by atoms with E-state index in [9.17, 15) is 9.59 Å². The van der Waals surface area contributed by atoms with Gasteiger partial charge in [0.15, 0.2) is 5.78 Å². The van der Waals surface area contributed by atoms with E-state index in [1.165, 1.54) is 6.92 Å². The van der Waals surface area contributed by atoms with Crippen molar-refractivity contribution in [3.8, 4) is 0 Å². The predicted molar refractivity (Wildman–Crippen MR) is 34.5 cm³/mol. The Balaban J connectivity index is 3.68. The summed E-state index contributed by atoms with van der Waals surface area (Å²) in [5, 5.41) is 9.10. The van der Waals surface area contributed by atoms with Crippen molar-refractivity contribution in [2.24, 2.45) is 0 Å². The largest absolute Gasteiger partial charge is 0.298 e. The summed E-state index contributed by atoms with van der Waals surface area (Å²) in [4.78, 5) is 20.9. The molecule has 0 radical (unpaired) electrons. The molecule has 0 aromatic carbocycles. The van der Waals surface area contributed by atoms with Gasteiger partial charge < -0.3 is 0 Å². The lowest BCUT2D eigenvalue weighted by atomic mass is 10.3. The lowest BCUT2D eigenvalue weighted by molar-refractivity contribution is -0.165. The summed E-state index contributed by atoms with van der Waals surface area (Å²) < 4.78 is 0. The van der Waals surface area contributed by atoms with Crippen LogP contribution in [0.3, 0.4) is 0 Å². The fourth-order valence-corrected chi connectivity index (χ4v) is 0.390. The Morgan fingerprint density at radius 1 is 1.50 bits per heavy atom. The molecule has 0 aliphatic heterocycles. The van der Waals surface area contributed by atoms with Gasteiger partial charge in [0.25, 0.3) is 0 Å². The van der Waals surface area contributed by atoms with Crippen LogP contribution in [0.4, 0.5) is 0 Å². The number of nitrogens with zero attached hydrogens (tertiary/aromatic N) is 1. The third kappa shape index (κ3) is 3.19. The molecule has 58 valence electrons. The van der Waals surface area contributed by atoms with Crippen molar-refractivity contribution in [3.63, 3.8) is 0 Å². The molecule has 0 aromatic heterocycles. The maximum absolute atomic E-state index is 10.6. The highest BCUT2D eigenvalue weighted by Gasteiger charge is 2.07. The summed E-state index contributed by atoms with van der Waals surface area (Å²) >= 11 is 0. The monoisotopic (exact) mass is 145 g/mol. The standard InChI is InChI=1S/C6H11NO3/c1-3-6(9)4-7(10)5(2)8/h10H,3-4H2,1-2H3. The first kappa shape index (κ1) is 9.10. The molecule has 0 aliphatic carbocycles. The summed E-state index contributed by atoms with van der Waals surface area (Å²) in [6, 6.07) is 0. The van der Waals surface area contributed by atoms with E-state index in [0.29, 0.717) is 11.5 Å². The number of carbonyl (C=O) groups excluding carboxylic acids is 2. The maximum atomic E-state index is 10.6. The van der Waals surface area contributed by atoms with E-state index < -0.39 is 5.91 Å². The summed E-state index contributed by atoms with van der Waals surface area (Å²) in [7, 11) is 0. The average Bonchev–Trinajstić information content (AvgIpc) is 1.87. The zero-order valence-corrected chi connectivity index (χ0v) is 6.13. The Bertz CT molecular complexity index is 144. The number of hydrogen-bond donors (Lipinski definition) is 1. The van der Waals surface area contributed by atoms with E-state index in [-0.39, 0.29) is 12.3 Å². The van der Waals surface area contributed by atoms with E-state index >= 15 is 0 Å². The van der Waals surface area contributed by atoms with Crippen molar-refractivity contribution in [3.05, 3.63) is 0 Å². The van der Waals surface area contributed by atoms with Crippen LogP contribution in [0.15, 0.2) is 0 Å². The normalized spacial score (nSPS) is 9.10. The number of carbonyl (C=O) groups is 2. The fourth-order valence-electron chi connectivity index (χ4n) is 0.390. The van der Waals surface area contributed by atoms with Gasteiger partial charge in [-0.2, -0.15) is 0 Å². The van der Waals surface area contributed by atoms with E-state index in [0.717, 1.165) is 0 Å². The highest BCUT2D eigenvalue weighted by Crippen LogP contribution is 1.86. The van der Waals surface area contributed by atoms with E-state index in [1.54, 1.807) is 6.92 Å².